The van der Waals surface area contributed by atoms with E-state index in [0.717, 1.165) is 19.5 Å². The number of amides is 2. The molecule has 2 amide bonds. The minimum Gasteiger partial charge on any atom is -0.351 e. The predicted octanol–water partition coefficient (Wildman–Crippen LogP) is 2.09. The van der Waals surface area contributed by atoms with Crippen LogP contribution in [-0.4, -0.2) is 36.1 Å². The van der Waals surface area contributed by atoms with Gasteiger partial charge in [0.05, 0.1) is 0 Å². The molecule has 1 aliphatic carbocycles. The van der Waals surface area contributed by atoms with Gasteiger partial charge in [-0.15, -0.1) is 0 Å². The Morgan fingerprint density at radius 2 is 1.94 bits per heavy atom. The zero-order chi connectivity index (χ0) is 13.0. The maximum Gasteiger partial charge on any atom is 0.314 e. The molecule has 4 heteroatoms. The average molecular weight is 253 g/mol. The molecule has 2 aliphatic rings. The minimum atomic E-state index is -0.261. The number of hydrogen-bond donors (Lipinski definition) is 2. The molecule has 2 rings (SSSR count). The molecule has 1 aliphatic heterocycles. The lowest BCUT2D eigenvalue weighted by molar-refractivity contribution is 0.142. The van der Waals surface area contributed by atoms with E-state index in [9.17, 15) is 4.79 Å². The molecule has 1 saturated carbocycles. The summed E-state index contributed by atoms with van der Waals surface area (Å²) < 4.78 is 0. The fourth-order valence-electron chi connectivity index (χ4n) is 3.40. The van der Waals surface area contributed by atoms with Crippen LogP contribution in [0.1, 0.15) is 51.9 Å². The molecule has 2 atom stereocenters. The van der Waals surface area contributed by atoms with Crippen molar-refractivity contribution in [3.63, 3.8) is 0 Å². The van der Waals surface area contributed by atoms with Gasteiger partial charge in [-0.05, 0) is 25.2 Å². The summed E-state index contributed by atoms with van der Waals surface area (Å²) in [6.45, 7) is 3.84. The first-order chi connectivity index (χ1) is 8.69. The molecule has 18 heavy (non-hydrogen) atoms. The molecule has 104 valence electrons. The van der Waals surface area contributed by atoms with Gasteiger partial charge < -0.3 is 16.0 Å². The molecular formula is C14H27N3O. The summed E-state index contributed by atoms with van der Waals surface area (Å²) in [5.41, 5.74) is 5.44. The Morgan fingerprint density at radius 3 is 2.56 bits per heavy atom. The van der Waals surface area contributed by atoms with Crippen LogP contribution >= 0.6 is 0 Å². The van der Waals surface area contributed by atoms with Gasteiger partial charge in [0.1, 0.15) is 0 Å². The SMILES string of the molecule is CCC1CC(NC2CCCCC2)CN(C(N)=O)C1. The second-order valence-corrected chi connectivity index (χ2v) is 5.95. The van der Waals surface area contributed by atoms with E-state index in [1.165, 1.54) is 38.5 Å². The summed E-state index contributed by atoms with van der Waals surface area (Å²) in [5, 5.41) is 3.76. The summed E-state index contributed by atoms with van der Waals surface area (Å²) in [4.78, 5) is 13.2. The number of nitrogens with two attached hydrogens (primary N) is 1. The molecule has 0 aromatic carbocycles. The highest BCUT2D eigenvalue weighted by molar-refractivity contribution is 5.72. The highest BCUT2D eigenvalue weighted by atomic mass is 16.2. The lowest BCUT2D eigenvalue weighted by Gasteiger charge is -2.39. The molecule has 0 radical (unpaired) electrons. The van der Waals surface area contributed by atoms with Gasteiger partial charge in [0, 0.05) is 25.2 Å². The standard InChI is InChI=1S/C14H27N3O/c1-2-11-8-13(10-17(9-11)14(15)18)16-12-6-4-3-5-7-12/h11-13,16H,2-10H2,1H3,(H2,15,18). The van der Waals surface area contributed by atoms with Crippen molar-refractivity contribution in [2.24, 2.45) is 11.7 Å². The third-order valence-corrected chi connectivity index (χ3v) is 4.50. The molecular weight excluding hydrogens is 226 g/mol. The van der Waals surface area contributed by atoms with E-state index in [0.29, 0.717) is 18.0 Å². The molecule has 3 N–H and O–H groups in total. The van der Waals surface area contributed by atoms with Crippen LogP contribution in [0.2, 0.25) is 0 Å². The van der Waals surface area contributed by atoms with E-state index in [1.807, 2.05) is 4.90 Å². The number of primary amides is 1. The fraction of sp³-hybridized carbons (Fsp3) is 0.929. The van der Waals surface area contributed by atoms with Crippen LogP contribution in [0, 0.1) is 5.92 Å². The van der Waals surface area contributed by atoms with Gasteiger partial charge in [-0.25, -0.2) is 4.79 Å². The van der Waals surface area contributed by atoms with Gasteiger partial charge in [0.15, 0.2) is 0 Å². The number of likely N-dealkylation sites (tertiary alicyclic amines) is 1. The lowest BCUT2D eigenvalue weighted by atomic mass is 9.89. The van der Waals surface area contributed by atoms with Crippen LogP contribution in [0.3, 0.4) is 0 Å². The first kappa shape index (κ1) is 13.7. The highest BCUT2D eigenvalue weighted by Gasteiger charge is 2.29. The van der Waals surface area contributed by atoms with Crippen LogP contribution in [0.5, 0.6) is 0 Å². The molecule has 0 aromatic rings. The van der Waals surface area contributed by atoms with Crippen molar-refractivity contribution in [1.82, 2.24) is 10.2 Å². The molecule has 2 fully saturated rings. The maximum atomic E-state index is 11.4. The van der Waals surface area contributed by atoms with E-state index in [-0.39, 0.29) is 6.03 Å². The molecule has 0 aromatic heterocycles. The van der Waals surface area contributed by atoms with Crippen molar-refractivity contribution in [2.75, 3.05) is 13.1 Å². The van der Waals surface area contributed by atoms with Crippen molar-refractivity contribution in [1.29, 1.82) is 0 Å². The minimum absolute atomic E-state index is 0.261. The van der Waals surface area contributed by atoms with Gasteiger partial charge in [0.2, 0.25) is 0 Å². The van der Waals surface area contributed by atoms with E-state index < -0.39 is 0 Å². The van der Waals surface area contributed by atoms with Crippen molar-refractivity contribution >= 4 is 6.03 Å². The van der Waals surface area contributed by atoms with Crippen molar-refractivity contribution in [3.05, 3.63) is 0 Å². The number of piperidine rings is 1. The smallest absolute Gasteiger partial charge is 0.314 e. The highest BCUT2D eigenvalue weighted by Crippen LogP contribution is 2.23. The second kappa shape index (κ2) is 6.41. The Morgan fingerprint density at radius 1 is 1.22 bits per heavy atom. The van der Waals surface area contributed by atoms with E-state index in [1.54, 1.807) is 0 Å². The molecule has 0 spiro atoms. The Labute approximate surface area is 110 Å². The quantitative estimate of drug-likeness (QED) is 0.809. The zero-order valence-corrected chi connectivity index (χ0v) is 11.5. The molecule has 1 heterocycles. The largest absolute Gasteiger partial charge is 0.351 e. The Balaban J connectivity index is 1.87. The zero-order valence-electron chi connectivity index (χ0n) is 11.5. The Bertz CT molecular complexity index is 276. The van der Waals surface area contributed by atoms with Crippen LogP contribution in [0.4, 0.5) is 4.79 Å². The van der Waals surface area contributed by atoms with E-state index >= 15 is 0 Å². The molecule has 1 saturated heterocycles. The van der Waals surface area contributed by atoms with Gasteiger partial charge in [-0.1, -0.05) is 32.6 Å². The number of hydrogen-bond acceptors (Lipinski definition) is 2. The van der Waals surface area contributed by atoms with E-state index in [2.05, 4.69) is 12.2 Å². The predicted molar refractivity (Wildman–Crippen MR) is 73.4 cm³/mol. The fourth-order valence-corrected chi connectivity index (χ4v) is 3.40. The number of carbonyl (C=O) groups is 1. The molecule has 2 unspecified atom stereocenters. The average Bonchev–Trinajstić information content (AvgIpc) is 2.39. The van der Waals surface area contributed by atoms with Crippen LogP contribution < -0.4 is 11.1 Å². The third kappa shape index (κ3) is 3.61. The maximum absolute atomic E-state index is 11.4. The Hall–Kier alpha value is -0.770. The van der Waals surface area contributed by atoms with Crippen molar-refractivity contribution in [3.8, 4) is 0 Å². The van der Waals surface area contributed by atoms with Gasteiger partial charge >= 0.3 is 6.03 Å². The topological polar surface area (TPSA) is 58.4 Å². The number of urea groups is 1. The second-order valence-electron chi connectivity index (χ2n) is 5.95. The van der Waals surface area contributed by atoms with Crippen LogP contribution in [0.15, 0.2) is 0 Å². The van der Waals surface area contributed by atoms with Crippen LogP contribution in [-0.2, 0) is 0 Å². The summed E-state index contributed by atoms with van der Waals surface area (Å²) >= 11 is 0. The third-order valence-electron chi connectivity index (χ3n) is 4.50. The summed E-state index contributed by atoms with van der Waals surface area (Å²) in [7, 11) is 0. The van der Waals surface area contributed by atoms with Gasteiger partial charge in [-0.3, -0.25) is 0 Å². The number of nitrogens with zero attached hydrogens (tertiary/aromatic N) is 1. The van der Waals surface area contributed by atoms with Crippen molar-refractivity contribution in [2.45, 2.75) is 64.0 Å². The first-order valence-electron chi connectivity index (χ1n) is 7.49. The lowest BCUT2D eigenvalue weighted by Crippen LogP contribution is -2.54. The van der Waals surface area contributed by atoms with Crippen LogP contribution in [0.25, 0.3) is 0 Å². The van der Waals surface area contributed by atoms with Gasteiger partial charge in [-0.2, -0.15) is 0 Å². The number of rotatable bonds is 3. The normalized spacial score (nSPS) is 30.4. The summed E-state index contributed by atoms with van der Waals surface area (Å²) in [6.07, 6.45) is 8.99. The van der Waals surface area contributed by atoms with Gasteiger partial charge in [0.25, 0.3) is 0 Å². The number of carbonyl (C=O) groups excluding carboxylic acids is 1. The van der Waals surface area contributed by atoms with Crippen molar-refractivity contribution < 1.29 is 4.79 Å². The monoisotopic (exact) mass is 253 g/mol. The molecule has 4 nitrogen and oxygen atoms in total. The van der Waals surface area contributed by atoms with E-state index in [4.69, 9.17) is 5.73 Å². The first-order valence-corrected chi connectivity index (χ1v) is 7.49. The number of nitrogens with one attached hydrogen (secondary N) is 1. The Kier molecular flexibility index (Phi) is 4.87. The summed E-state index contributed by atoms with van der Waals surface area (Å²) in [5.74, 6) is 0.604. The molecule has 0 bridgehead atoms. The summed E-state index contributed by atoms with van der Waals surface area (Å²) in [6, 6.07) is 0.844.